The molecule has 4 rings (SSSR count). The minimum atomic E-state index is -0.0773. The molecule has 1 fully saturated rings. The Labute approximate surface area is 144 Å². The van der Waals surface area contributed by atoms with Crippen LogP contribution in [0.25, 0.3) is 10.6 Å². The zero-order valence-corrected chi connectivity index (χ0v) is 14.1. The number of pyridine rings is 1. The molecule has 0 N–H and O–H groups in total. The van der Waals surface area contributed by atoms with E-state index in [0.717, 1.165) is 29.2 Å². The van der Waals surface area contributed by atoms with Gasteiger partial charge >= 0.3 is 0 Å². The molecule has 0 radical (unpaired) electrons. The van der Waals surface area contributed by atoms with Crippen LogP contribution in [0.15, 0.2) is 53.5 Å². The highest BCUT2D eigenvalue weighted by atomic mass is 32.1. The van der Waals surface area contributed by atoms with Gasteiger partial charge in [-0.25, -0.2) is 4.98 Å². The fourth-order valence-corrected chi connectivity index (χ4v) is 3.67. The predicted octanol–water partition coefficient (Wildman–Crippen LogP) is 4.16. The van der Waals surface area contributed by atoms with Gasteiger partial charge in [-0.15, -0.1) is 11.3 Å². The molecule has 1 saturated carbocycles. The van der Waals surface area contributed by atoms with Crippen LogP contribution in [0.5, 0.6) is 0 Å². The molecule has 0 aliphatic heterocycles. The number of amides is 1. The Bertz CT molecular complexity index is 825. The topological polar surface area (TPSA) is 59.2 Å². The summed E-state index contributed by atoms with van der Waals surface area (Å²) in [4.78, 5) is 24.1. The number of carbonyl (C=O) groups excluding carboxylic acids is 1. The summed E-state index contributed by atoms with van der Waals surface area (Å²) in [5.74, 6) is 0.841. The van der Waals surface area contributed by atoms with E-state index in [4.69, 9.17) is 4.42 Å². The van der Waals surface area contributed by atoms with Crippen LogP contribution in [-0.2, 0) is 0 Å². The molecule has 5 nitrogen and oxygen atoms in total. The van der Waals surface area contributed by atoms with Crippen LogP contribution in [0.3, 0.4) is 0 Å². The standard InChI is InChI=1S/C18H17N3O2S/c1-12(15-3-2-10-23-15)21(14-4-5-14)18(22)16-11-20-17(24-16)13-6-8-19-9-7-13/h2-3,6-12,14H,4-5H2,1H3/t12-/m0/s1. The Kier molecular flexibility index (Phi) is 3.90. The maximum atomic E-state index is 13.0. The number of thiazole rings is 1. The van der Waals surface area contributed by atoms with E-state index in [1.54, 1.807) is 24.9 Å². The van der Waals surface area contributed by atoms with Crippen molar-refractivity contribution in [3.05, 3.63) is 59.8 Å². The highest BCUT2D eigenvalue weighted by Gasteiger charge is 2.38. The first-order valence-corrected chi connectivity index (χ1v) is 8.78. The number of carbonyl (C=O) groups is 1. The maximum absolute atomic E-state index is 13.0. The first-order valence-electron chi connectivity index (χ1n) is 7.96. The zero-order chi connectivity index (χ0) is 16.5. The van der Waals surface area contributed by atoms with Crippen LogP contribution in [0.4, 0.5) is 0 Å². The first kappa shape index (κ1) is 15.1. The van der Waals surface area contributed by atoms with E-state index in [-0.39, 0.29) is 11.9 Å². The van der Waals surface area contributed by atoms with Crippen molar-refractivity contribution < 1.29 is 9.21 Å². The Balaban J connectivity index is 1.61. The molecule has 1 aliphatic carbocycles. The molecule has 1 atom stereocenters. The van der Waals surface area contributed by atoms with Gasteiger partial charge in [0.15, 0.2) is 0 Å². The summed E-state index contributed by atoms with van der Waals surface area (Å²) in [5, 5.41) is 0.835. The van der Waals surface area contributed by atoms with Gasteiger partial charge in [-0.1, -0.05) is 0 Å². The molecule has 3 aromatic rings. The van der Waals surface area contributed by atoms with Crippen LogP contribution in [0.1, 0.15) is 41.2 Å². The fourth-order valence-electron chi connectivity index (χ4n) is 2.80. The highest BCUT2D eigenvalue weighted by molar-refractivity contribution is 7.16. The van der Waals surface area contributed by atoms with Crippen LogP contribution >= 0.6 is 11.3 Å². The second-order valence-corrected chi connectivity index (χ2v) is 6.93. The molecule has 3 aromatic heterocycles. The SMILES string of the molecule is C[C@@H](c1ccco1)N(C(=O)c1cnc(-c2ccncc2)s1)C1CC1. The number of furan rings is 1. The Morgan fingerprint density at radius 1 is 1.33 bits per heavy atom. The summed E-state index contributed by atoms with van der Waals surface area (Å²) in [6.45, 7) is 2.01. The van der Waals surface area contributed by atoms with Gasteiger partial charge in [0.2, 0.25) is 0 Å². The summed E-state index contributed by atoms with van der Waals surface area (Å²) in [5.41, 5.74) is 0.978. The molecule has 0 unspecified atom stereocenters. The van der Waals surface area contributed by atoms with Gasteiger partial charge in [0, 0.05) is 24.0 Å². The summed E-state index contributed by atoms with van der Waals surface area (Å²) < 4.78 is 5.50. The van der Waals surface area contributed by atoms with Gasteiger partial charge in [0.05, 0.1) is 18.5 Å². The lowest BCUT2D eigenvalue weighted by Crippen LogP contribution is -2.35. The van der Waals surface area contributed by atoms with Gasteiger partial charge in [-0.2, -0.15) is 0 Å². The second-order valence-electron chi connectivity index (χ2n) is 5.90. The second kappa shape index (κ2) is 6.20. The Morgan fingerprint density at radius 3 is 2.79 bits per heavy atom. The van der Waals surface area contributed by atoms with Crippen molar-refractivity contribution in [3.8, 4) is 10.6 Å². The average molecular weight is 339 g/mol. The Morgan fingerprint density at radius 2 is 2.12 bits per heavy atom. The predicted molar refractivity (Wildman–Crippen MR) is 91.7 cm³/mol. The monoisotopic (exact) mass is 339 g/mol. The van der Waals surface area contributed by atoms with Crippen molar-refractivity contribution in [2.45, 2.75) is 31.8 Å². The summed E-state index contributed by atoms with van der Waals surface area (Å²) in [6.07, 6.45) is 8.88. The van der Waals surface area contributed by atoms with Gasteiger partial charge in [-0.3, -0.25) is 9.78 Å². The molecule has 0 saturated heterocycles. The van der Waals surface area contributed by atoms with Crippen molar-refractivity contribution in [3.63, 3.8) is 0 Å². The third-order valence-electron chi connectivity index (χ3n) is 4.19. The minimum Gasteiger partial charge on any atom is -0.467 e. The van der Waals surface area contributed by atoms with Crippen LogP contribution in [0, 0.1) is 0 Å². The van der Waals surface area contributed by atoms with E-state index < -0.39 is 0 Å². The summed E-state index contributed by atoms with van der Waals surface area (Å²) in [6, 6.07) is 7.79. The molecular formula is C18H17N3O2S. The maximum Gasteiger partial charge on any atom is 0.266 e. The third kappa shape index (κ3) is 2.85. The van der Waals surface area contributed by atoms with Crippen molar-refractivity contribution in [1.29, 1.82) is 0 Å². The lowest BCUT2D eigenvalue weighted by molar-refractivity contribution is 0.0657. The van der Waals surface area contributed by atoms with E-state index in [2.05, 4.69) is 9.97 Å². The van der Waals surface area contributed by atoms with E-state index in [0.29, 0.717) is 10.9 Å². The normalized spacial score (nSPS) is 15.2. The van der Waals surface area contributed by atoms with Crippen molar-refractivity contribution >= 4 is 17.2 Å². The molecule has 1 amide bonds. The van der Waals surface area contributed by atoms with E-state index in [9.17, 15) is 4.79 Å². The lowest BCUT2D eigenvalue weighted by Gasteiger charge is -2.27. The summed E-state index contributed by atoms with van der Waals surface area (Å²) in [7, 11) is 0. The molecular weight excluding hydrogens is 322 g/mol. The number of hydrogen-bond donors (Lipinski definition) is 0. The van der Waals surface area contributed by atoms with Crippen LogP contribution in [0.2, 0.25) is 0 Å². The smallest absolute Gasteiger partial charge is 0.266 e. The van der Waals surface area contributed by atoms with Crippen LogP contribution in [-0.4, -0.2) is 26.8 Å². The van der Waals surface area contributed by atoms with Gasteiger partial charge in [0.1, 0.15) is 15.6 Å². The number of rotatable bonds is 5. The average Bonchev–Trinajstić information content (AvgIpc) is 3.12. The van der Waals surface area contributed by atoms with E-state index >= 15 is 0 Å². The first-order chi connectivity index (χ1) is 11.7. The fraction of sp³-hybridized carbons (Fsp3) is 0.278. The third-order valence-corrected chi connectivity index (χ3v) is 5.23. The van der Waals surface area contributed by atoms with Gasteiger partial charge < -0.3 is 9.32 Å². The molecule has 0 aromatic carbocycles. The van der Waals surface area contributed by atoms with E-state index in [1.807, 2.05) is 36.1 Å². The highest BCUT2D eigenvalue weighted by Crippen LogP contribution is 2.37. The van der Waals surface area contributed by atoms with Crippen molar-refractivity contribution in [2.24, 2.45) is 0 Å². The van der Waals surface area contributed by atoms with Crippen molar-refractivity contribution in [2.75, 3.05) is 0 Å². The van der Waals surface area contributed by atoms with E-state index in [1.165, 1.54) is 11.3 Å². The lowest BCUT2D eigenvalue weighted by atomic mass is 10.2. The largest absolute Gasteiger partial charge is 0.467 e. The van der Waals surface area contributed by atoms with Crippen molar-refractivity contribution in [1.82, 2.24) is 14.9 Å². The molecule has 3 heterocycles. The number of nitrogens with zero attached hydrogens (tertiary/aromatic N) is 3. The summed E-state index contributed by atoms with van der Waals surface area (Å²) >= 11 is 1.42. The van der Waals surface area contributed by atoms with Gasteiger partial charge in [0.25, 0.3) is 5.91 Å². The Hall–Kier alpha value is -2.47. The van der Waals surface area contributed by atoms with Crippen LogP contribution < -0.4 is 0 Å². The quantitative estimate of drug-likeness (QED) is 0.700. The molecule has 24 heavy (non-hydrogen) atoms. The molecule has 0 bridgehead atoms. The zero-order valence-electron chi connectivity index (χ0n) is 13.3. The molecule has 6 heteroatoms. The molecule has 1 aliphatic rings. The minimum absolute atomic E-state index is 0.0270. The molecule has 0 spiro atoms. The molecule has 122 valence electrons. The van der Waals surface area contributed by atoms with Gasteiger partial charge in [-0.05, 0) is 44.0 Å². The number of hydrogen-bond acceptors (Lipinski definition) is 5. The number of aromatic nitrogens is 2.